The summed E-state index contributed by atoms with van der Waals surface area (Å²) in [5, 5.41) is 12.7. The molecule has 2 aromatic heterocycles. The average Bonchev–Trinajstić information content (AvgIpc) is 2.92. The van der Waals surface area contributed by atoms with Gasteiger partial charge in [-0.25, -0.2) is 13.4 Å². The number of aromatic amines is 1. The molecule has 1 unspecified atom stereocenters. The quantitative estimate of drug-likeness (QED) is 0.814. The molecule has 0 spiro atoms. The van der Waals surface area contributed by atoms with E-state index in [1.165, 1.54) is 10.5 Å². The zero-order chi connectivity index (χ0) is 14.2. The number of hydrogen-bond acceptors (Lipinski definition) is 5. The third-order valence-electron chi connectivity index (χ3n) is 3.34. The Kier molecular flexibility index (Phi) is 3.17. The maximum absolute atomic E-state index is 12.7. The maximum Gasteiger partial charge on any atom is 0.246 e. The van der Waals surface area contributed by atoms with Gasteiger partial charge in [0.2, 0.25) is 10.0 Å². The first kappa shape index (κ1) is 13.1. The van der Waals surface area contributed by atoms with Gasteiger partial charge in [-0.15, -0.1) is 0 Å². The van der Waals surface area contributed by atoms with Crippen molar-refractivity contribution in [3.63, 3.8) is 0 Å². The maximum atomic E-state index is 12.7. The zero-order valence-electron chi connectivity index (χ0n) is 10.6. The lowest BCUT2D eigenvalue weighted by Gasteiger charge is -2.30. The van der Waals surface area contributed by atoms with Gasteiger partial charge in [0.1, 0.15) is 16.6 Å². The van der Waals surface area contributed by atoms with Crippen LogP contribution in [0.3, 0.4) is 0 Å². The number of nitrogens with one attached hydrogen (secondary N) is 2. The van der Waals surface area contributed by atoms with Gasteiger partial charge >= 0.3 is 0 Å². The van der Waals surface area contributed by atoms with E-state index in [-0.39, 0.29) is 11.4 Å². The number of H-pyrrole nitrogens is 1. The van der Waals surface area contributed by atoms with Crippen LogP contribution in [0.2, 0.25) is 0 Å². The molecule has 0 saturated carbocycles. The predicted octanol–water partition coefficient (Wildman–Crippen LogP) is 0.0490. The fraction of sp³-hybridized carbons (Fsp3) is 0.333. The fourth-order valence-electron chi connectivity index (χ4n) is 2.35. The van der Waals surface area contributed by atoms with E-state index in [0.29, 0.717) is 24.1 Å². The second-order valence-electron chi connectivity index (χ2n) is 4.52. The molecule has 8 heteroatoms. The minimum absolute atomic E-state index is 0.169. The molecule has 0 amide bonds. The number of piperazine rings is 1. The number of pyridine rings is 1. The summed E-state index contributed by atoms with van der Waals surface area (Å²) in [7, 11) is -3.71. The number of rotatable bonds is 2. The van der Waals surface area contributed by atoms with Crippen molar-refractivity contribution >= 4 is 21.1 Å². The summed E-state index contributed by atoms with van der Waals surface area (Å²) in [6.45, 7) is 1.17. The van der Waals surface area contributed by atoms with E-state index in [1.54, 1.807) is 18.3 Å². The lowest BCUT2D eigenvalue weighted by Crippen LogP contribution is -2.52. The van der Waals surface area contributed by atoms with E-state index >= 15 is 0 Å². The van der Waals surface area contributed by atoms with Gasteiger partial charge in [0, 0.05) is 37.4 Å². The van der Waals surface area contributed by atoms with Crippen LogP contribution in [0.25, 0.3) is 11.0 Å². The van der Waals surface area contributed by atoms with Crippen molar-refractivity contribution in [3.8, 4) is 6.07 Å². The molecule has 3 rings (SSSR count). The number of sulfonamides is 1. The molecule has 20 heavy (non-hydrogen) atoms. The number of fused-ring (bicyclic) bond motifs is 1. The topological polar surface area (TPSA) is 102 Å². The van der Waals surface area contributed by atoms with Gasteiger partial charge in [0.15, 0.2) is 0 Å². The van der Waals surface area contributed by atoms with Crippen molar-refractivity contribution in [3.05, 3.63) is 24.5 Å². The van der Waals surface area contributed by atoms with Gasteiger partial charge in [-0.2, -0.15) is 9.57 Å². The van der Waals surface area contributed by atoms with Gasteiger partial charge in [-0.1, -0.05) is 0 Å². The van der Waals surface area contributed by atoms with Gasteiger partial charge in [-0.3, -0.25) is 0 Å². The molecular weight excluding hydrogens is 278 g/mol. The van der Waals surface area contributed by atoms with E-state index < -0.39 is 16.1 Å². The Morgan fingerprint density at radius 3 is 3.15 bits per heavy atom. The Hall–Kier alpha value is -1.95. The van der Waals surface area contributed by atoms with E-state index in [4.69, 9.17) is 5.26 Å². The highest BCUT2D eigenvalue weighted by Crippen LogP contribution is 2.25. The molecule has 1 saturated heterocycles. The van der Waals surface area contributed by atoms with Gasteiger partial charge in [-0.05, 0) is 12.1 Å². The SMILES string of the molecule is N#CC1CNCCN1S(=O)(=O)c1c[nH]c2ncccc12. The zero-order valence-corrected chi connectivity index (χ0v) is 11.4. The highest BCUT2D eigenvalue weighted by atomic mass is 32.2. The van der Waals surface area contributed by atoms with Crippen LogP contribution in [-0.4, -0.2) is 48.4 Å². The highest BCUT2D eigenvalue weighted by molar-refractivity contribution is 7.89. The molecule has 2 aromatic rings. The van der Waals surface area contributed by atoms with Crippen LogP contribution in [0.1, 0.15) is 0 Å². The molecule has 1 fully saturated rings. The van der Waals surface area contributed by atoms with Crippen molar-refractivity contribution in [2.24, 2.45) is 0 Å². The highest BCUT2D eigenvalue weighted by Gasteiger charge is 2.35. The van der Waals surface area contributed by atoms with Crippen LogP contribution in [0, 0.1) is 11.3 Å². The van der Waals surface area contributed by atoms with Crippen molar-refractivity contribution in [1.82, 2.24) is 19.6 Å². The number of aromatic nitrogens is 2. The van der Waals surface area contributed by atoms with E-state index in [2.05, 4.69) is 15.3 Å². The number of hydrogen-bond donors (Lipinski definition) is 2. The number of nitriles is 1. The Bertz CT molecular complexity index is 776. The molecule has 0 radical (unpaired) electrons. The van der Waals surface area contributed by atoms with Crippen LogP contribution in [0.5, 0.6) is 0 Å². The molecule has 1 aliphatic heterocycles. The minimum Gasteiger partial charge on any atom is -0.345 e. The van der Waals surface area contributed by atoms with Gasteiger partial charge < -0.3 is 10.3 Å². The molecule has 0 aliphatic carbocycles. The monoisotopic (exact) mass is 291 g/mol. The van der Waals surface area contributed by atoms with Gasteiger partial charge in [0.05, 0.1) is 6.07 Å². The van der Waals surface area contributed by atoms with E-state index in [9.17, 15) is 8.42 Å². The first-order valence-electron chi connectivity index (χ1n) is 6.19. The van der Waals surface area contributed by atoms with E-state index in [0.717, 1.165) is 0 Å². The van der Waals surface area contributed by atoms with E-state index in [1.807, 2.05) is 6.07 Å². The fourth-order valence-corrected chi connectivity index (χ4v) is 4.05. The molecule has 2 N–H and O–H groups in total. The summed E-state index contributed by atoms with van der Waals surface area (Å²) < 4.78 is 26.7. The van der Waals surface area contributed by atoms with Crippen LogP contribution >= 0.6 is 0 Å². The standard InChI is InChI=1S/C12H13N5O2S/c13-6-9-7-14-4-5-17(9)20(18,19)11-8-16-12-10(11)2-1-3-15-12/h1-3,8-9,14H,4-5,7H2,(H,15,16). The molecule has 1 aliphatic rings. The molecule has 0 aromatic carbocycles. The molecule has 7 nitrogen and oxygen atoms in total. The van der Waals surface area contributed by atoms with Crippen molar-refractivity contribution in [2.75, 3.05) is 19.6 Å². The Labute approximate surface area is 116 Å². The third-order valence-corrected chi connectivity index (χ3v) is 5.29. The molecular formula is C12H13N5O2S. The lowest BCUT2D eigenvalue weighted by atomic mass is 10.3. The summed E-state index contributed by atoms with van der Waals surface area (Å²) in [5.74, 6) is 0. The molecule has 1 atom stereocenters. The van der Waals surface area contributed by atoms with Crippen LogP contribution in [0.4, 0.5) is 0 Å². The summed E-state index contributed by atoms with van der Waals surface area (Å²) in [6, 6.07) is 4.74. The van der Waals surface area contributed by atoms with Crippen molar-refractivity contribution < 1.29 is 8.42 Å². The van der Waals surface area contributed by atoms with Crippen molar-refractivity contribution in [2.45, 2.75) is 10.9 Å². The largest absolute Gasteiger partial charge is 0.345 e. The second-order valence-corrected chi connectivity index (χ2v) is 6.38. The number of nitrogens with zero attached hydrogens (tertiary/aromatic N) is 3. The Morgan fingerprint density at radius 2 is 2.35 bits per heavy atom. The first-order chi connectivity index (χ1) is 9.64. The van der Waals surface area contributed by atoms with Crippen LogP contribution in [0.15, 0.2) is 29.4 Å². The Morgan fingerprint density at radius 1 is 1.50 bits per heavy atom. The third kappa shape index (κ3) is 1.96. The van der Waals surface area contributed by atoms with Crippen molar-refractivity contribution in [1.29, 1.82) is 5.26 Å². The Balaban J connectivity index is 2.10. The molecule has 0 bridgehead atoms. The van der Waals surface area contributed by atoms with Crippen LogP contribution < -0.4 is 5.32 Å². The summed E-state index contributed by atoms with van der Waals surface area (Å²) in [5.41, 5.74) is 0.523. The summed E-state index contributed by atoms with van der Waals surface area (Å²) in [6.07, 6.45) is 3.03. The minimum atomic E-state index is -3.71. The molecule has 104 valence electrons. The smallest absolute Gasteiger partial charge is 0.246 e. The lowest BCUT2D eigenvalue weighted by molar-refractivity contribution is 0.312. The summed E-state index contributed by atoms with van der Waals surface area (Å²) in [4.78, 5) is 7.10. The van der Waals surface area contributed by atoms with Gasteiger partial charge in [0.25, 0.3) is 0 Å². The summed E-state index contributed by atoms with van der Waals surface area (Å²) >= 11 is 0. The predicted molar refractivity (Wildman–Crippen MR) is 72.3 cm³/mol. The first-order valence-corrected chi connectivity index (χ1v) is 7.63. The molecule has 3 heterocycles. The van der Waals surface area contributed by atoms with Crippen LogP contribution in [-0.2, 0) is 10.0 Å². The normalized spacial score (nSPS) is 20.9. The second kappa shape index (κ2) is 4.86. The average molecular weight is 291 g/mol.